The van der Waals surface area contributed by atoms with Crippen molar-refractivity contribution >= 4 is 11.8 Å². The smallest absolute Gasteiger partial charge is 0.302 e. The maximum atomic E-state index is 12.3. The lowest BCUT2D eigenvalue weighted by molar-refractivity contribution is -0.143. The van der Waals surface area contributed by atoms with Crippen molar-refractivity contribution in [2.75, 3.05) is 13.2 Å². The van der Waals surface area contributed by atoms with E-state index in [9.17, 15) is 14.7 Å². The van der Waals surface area contributed by atoms with Gasteiger partial charge in [-0.25, -0.2) is 0 Å². The molecule has 0 aliphatic heterocycles. The number of rotatable bonds is 5. The molecule has 2 rings (SSSR count). The van der Waals surface area contributed by atoms with Crippen LogP contribution < -0.4 is 0 Å². The number of allylic oxidation sites excluding steroid dienone is 1. The highest BCUT2D eigenvalue weighted by Gasteiger charge is 2.47. The van der Waals surface area contributed by atoms with Crippen LogP contribution in [-0.4, -0.2) is 40.8 Å². The SMILES string of the molecule is CC(=O)OCC1CCC2C(C=CC(C)(O)C2C(=O)CCO)C1. The quantitative estimate of drug-likeness (QED) is 0.593. The van der Waals surface area contributed by atoms with E-state index in [1.54, 1.807) is 13.0 Å². The molecule has 2 N–H and O–H groups in total. The highest BCUT2D eigenvalue weighted by Crippen LogP contribution is 2.46. The Balaban J connectivity index is 2.09. The summed E-state index contributed by atoms with van der Waals surface area (Å²) in [6.07, 6.45) is 6.41. The van der Waals surface area contributed by atoms with Crippen molar-refractivity contribution in [1.82, 2.24) is 0 Å². The van der Waals surface area contributed by atoms with Crippen LogP contribution in [0.5, 0.6) is 0 Å². The molecule has 0 aromatic heterocycles. The molecule has 0 spiro atoms. The summed E-state index contributed by atoms with van der Waals surface area (Å²) >= 11 is 0. The second-order valence-electron chi connectivity index (χ2n) is 6.81. The largest absolute Gasteiger partial charge is 0.466 e. The molecule has 0 radical (unpaired) electrons. The molecule has 0 heterocycles. The van der Waals surface area contributed by atoms with Gasteiger partial charge in [-0.1, -0.05) is 12.2 Å². The maximum Gasteiger partial charge on any atom is 0.302 e. The third kappa shape index (κ3) is 3.76. The normalized spacial score (nSPS) is 37.5. The first-order chi connectivity index (χ1) is 10.3. The zero-order valence-corrected chi connectivity index (χ0v) is 13.3. The van der Waals surface area contributed by atoms with Crippen LogP contribution in [0.15, 0.2) is 12.2 Å². The molecule has 5 heteroatoms. The summed E-state index contributed by atoms with van der Waals surface area (Å²) in [4.78, 5) is 23.3. The van der Waals surface area contributed by atoms with Gasteiger partial charge in [-0.05, 0) is 43.9 Å². The number of Topliss-reactive ketones (excluding diaryl/α,β-unsaturated/α-hetero) is 1. The van der Waals surface area contributed by atoms with Gasteiger partial charge in [0.25, 0.3) is 0 Å². The molecule has 2 aliphatic carbocycles. The van der Waals surface area contributed by atoms with Crippen LogP contribution in [0.2, 0.25) is 0 Å². The van der Waals surface area contributed by atoms with Gasteiger partial charge >= 0.3 is 5.97 Å². The Morgan fingerprint density at radius 1 is 1.36 bits per heavy atom. The Hall–Kier alpha value is -1.20. The highest BCUT2D eigenvalue weighted by atomic mass is 16.5. The number of carbonyl (C=O) groups is 2. The zero-order chi connectivity index (χ0) is 16.3. The summed E-state index contributed by atoms with van der Waals surface area (Å²) in [5.41, 5.74) is -1.14. The molecule has 0 aromatic carbocycles. The van der Waals surface area contributed by atoms with Gasteiger partial charge in [0.15, 0.2) is 0 Å². The van der Waals surface area contributed by atoms with Gasteiger partial charge in [0, 0.05) is 20.0 Å². The summed E-state index contributed by atoms with van der Waals surface area (Å²) in [7, 11) is 0. The summed E-state index contributed by atoms with van der Waals surface area (Å²) < 4.78 is 5.10. The number of fused-ring (bicyclic) bond motifs is 1. The number of esters is 1. The van der Waals surface area contributed by atoms with Crippen molar-refractivity contribution in [3.8, 4) is 0 Å². The second kappa shape index (κ2) is 6.92. The Labute approximate surface area is 131 Å². The Bertz CT molecular complexity index is 454. The topological polar surface area (TPSA) is 83.8 Å². The fourth-order valence-corrected chi connectivity index (χ4v) is 4.03. The molecule has 22 heavy (non-hydrogen) atoms. The lowest BCUT2D eigenvalue weighted by Crippen LogP contribution is -2.49. The predicted octanol–water partition coefficient (Wildman–Crippen LogP) is 1.47. The van der Waals surface area contributed by atoms with Gasteiger partial charge < -0.3 is 14.9 Å². The molecule has 0 aromatic rings. The highest BCUT2D eigenvalue weighted by molar-refractivity contribution is 5.83. The Morgan fingerprint density at radius 3 is 2.73 bits per heavy atom. The fraction of sp³-hybridized carbons (Fsp3) is 0.765. The number of carbonyl (C=O) groups excluding carboxylic acids is 2. The van der Waals surface area contributed by atoms with Crippen molar-refractivity contribution < 1.29 is 24.5 Å². The van der Waals surface area contributed by atoms with Crippen LogP contribution in [0.25, 0.3) is 0 Å². The maximum absolute atomic E-state index is 12.3. The number of aliphatic hydroxyl groups excluding tert-OH is 1. The molecular weight excluding hydrogens is 284 g/mol. The van der Waals surface area contributed by atoms with E-state index in [0.717, 1.165) is 19.3 Å². The lowest BCUT2D eigenvalue weighted by Gasteiger charge is -2.46. The van der Waals surface area contributed by atoms with Crippen molar-refractivity contribution in [2.45, 2.75) is 45.1 Å². The van der Waals surface area contributed by atoms with Crippen LogP contribution in [0.3, 0.4) is 0 Å². The van der Waals surface area contributed by atoms with E-state index >= 15 is 0 Å². The van der Waals surface area contributed by atoms with Gasteiger partial charge in [-0.3, -0.25) is 9.59 Å². The molecule has 1 saturated carbocycles. The summed E-state index contributed by atoms with van der Waals surface area (Å²) in [5.74, 6) is -0.142. The molecule has 1 fully saturated rings. The minimum atomic E-state index is -1.14. The molecule has 0 saturated heterocycles. The second-order valence-corrected chi connectivity index (χ2v) is 6.81. The van der Waals surface area contributed by atoms with E-state index in [1.807, 2.05) is 6.08 Å². The van der Waals surface area contributed by atoms with Gasteiger partial charge in [0.05, 0.1) is 18.1 Å². The Kier molecular flexibility index (Phi) is 5.40. The Morgan fingerprint density at radius 2 is 2.09 bits per heavy atom. The van der Waals surface area contributed by atoms with E-state index in [-0.39, 0.29) is 36.6 Å². The van der Waals surface area contributed by atoms with E-state index in [1.165, 1.54) is 6.92 Å². The summed E-state index contributed by atoms with van der Waals surface area (Å²) in [6, 6.07) is 0. The minimum Gasteiger partial charge on any atom is -0.466 e. The lowest BCUT2D eigenvalue weighted by atomic mass is 9.60. The number of ether oxygens (including phenoxy) is 1. The number of aliphatic hydroxyl groups is 2. The molecule has 5 nitrogen and oxygen atoms in total. The third-order valence-electron chi connectivity index (χ3n) is 5.03. The van der Waals surface area contributed by atoms with Gasteiger partial charge in [-0.2, -0.15) is 0 Å². The minimum absolute atomic E-state index is 0.0646. The monoisotopic (exact) mass is 310 g/mol. The standard InChI is InChI=1S/C17H26O5/c1-11(19)22-10-12-3-4-14-13(9-12)5-7-17(2,21)16(14)15(20)6-8-18/h5,7,12-14,16,18,21H,3-4,6,8-10H2,1-2H3. The molecule has 0 amide bonds. The van der Waals surface area contributed by atoms with Crippen molar-refractivity contribution in [3.05, 3.63) is 12.2 Å². The zero-order valence-electron chi connectivity index (χ0n) is 13.3. The first-order valence-corrected chi connectivity index (χ1v) is 8.04. The number of hydrogen-bond acceptors (Lipinski definition) is 5. The summed E-state index contributed by atoms with van der Waals surface area (Å²) in [5, 5.41) is 19.6. The molecule has 0 bridgehead atoms. The van der Waals surface area contributed by atoms with E-state index in [2.05, 4.69) is 0 Å². The molecular formula is C17H26O5. The van der Waals surface area contributed by atoms with Crippen molar-refractivity contribution in [2.24, 2.45) is 23.7 Å². The first-order valence-electron chi connectivity index (χ1n) is 8.04. The van der Waals surface area contributed by atoms with Crippen molar-refractivity contribution in [3.63, 3.8) is 0 Å². The van der Waals surface area contributed by atoms with E-state index < -0.39 is 11.5 Å². The first kappa shape index (κ1) is 17.2. The molecule has 2 aliphatic rings. The van der Waals surface area contributed by atoms with E-state index in [4.69, 9.17) is 9.84 Å². The van der Waals surface area contributed by atoms with Crippen LogP contribution in [0.1, 0.15) is 39.5 Å². The van der Waals surface area contributed by atoms with Crippen LogP contribution in [0, 0.1) is 23.7 Å². The molecule has 5 unspecified atom stereocenters. The van der Waals surface area contributed by atoms with Crippen LogP contribution >= 0.6 is 0 Å². The van der Waals surface area contributed by atoms with Gasteiger partial charge in [0.2, 0.25) is 0 Å². The van der Waals surface area contributed by atoms with Gasteiger partial charge in [0.1, 0.15) is 5.78 Å². The third-order valence-corrected chi connectivity index (χ3v) is 5.03. The average molecular weight is 310 g/mol. The van der Waals surface area contributed by atoms with Gasteiger partial charge in [-0.15, -0.1) is 0 Å². The fourth-order valence-electron chi connectivity index (χ4n) is 4.03. The van der Waals surface area contributed by atoms with Crippen LogP contribution in [0.4, 0.5) is 0 Å². The van der Waals surface area contributed by atoms with E-state index in [0.29, 0.717) is 12.5 Å². The summed E-state index contributed by atoms with van der Waals surface area (Å²) in [6.45, 7) is 3.33. The van der Waals surface area contributed by atoms with Crippen molar-refractivity contribution in [1.29, 1.82) is 0 Å². The number of ketones is 1. The van der Waals surface area contributed by atoms with Crippen LogP contribution in [-0.2, 0) is 14.3 Å². The number of hydrogen-bond donors (Lipinski definition) is 2. The molecule has 5 atom stereocenters. The predicted molar refractivity (Wildman–Crippen MR) is 80.9 cm³/mol. The molecule has 124 valence electrons. The average Bonchev–Trinajstić information content (AvgIpc) is 2.44.